The summed E-state index contributed by atoms with van der Waals surface area (Å²) in [6.07, 6.45) is 0. The van der Waals surface area contributed by atoms with E-state index >= 15 is 0 Å². The first-order chi connectivity index (χ1) is 15.0. The molecular formula is C24H19N3O4. The number of rotatable bonds is 6. The molecule has 1 N–H and O–H groups in total. The maximum atomic E-state index is 12.4. The summed E-state index contributed by atoms with van der Waals surface area (Å²) in [5.74, 6) is 0.176. The lowest BCUT2D eigenvalue weighted by Gasteiger charge is -2.04. The SMILES string of the molecule is Cc1ccc(C(=O)NCc2cc(-c3ccc(-c4ccccc4)cc3)on2)cc1[N+](=O)[O-]. The number of hydrogen-bond donors (Lipinski definition) is 1. The van der Waals surface area contributed by atoms with E-state index in [1.54, 1.807) is 25.1 Å². The van der Waals surface area contributed by atoms with Crippen LogP contribution in [0.5, 0.6) is 0 Å². The Kier molecular flexibility index (Phi) is 5.57. The molecule has 0 saturated carbocycles. The Morgan fingerprint density at radius 2 is 1.65 bits per heavy atom. The number of aryl methyl sites for hydroxylation is 1. The highest BCUT2D eigenvalue weighted by Gasteiger charge is 2.15. The van der Waals surface area contributed by atoms with Crippen LogP contribution in [0.1, 0.15) is 21.6 Å². The fourth-order valence-electron chi connectivity index (χ4n) is 3.21. The molecule has 3 aromatic carbocycles. The molecule has 0 bridgehead atoms. The van der Waals surface area contributed by atoms with Gasteiger partial charge >= 0.3 is 0 Å². The van der Waals surface area contributed by atoms with Gasteiger partial charge in [-0.05, 0) is 24.1 Å². The molecule has 1 heterocycles. The molecule has 0 radical (unpaired) electrons. The summed E-state index contributed by atoms with van der Waals surface area (Å²) < 4.78 is 5.41. The molecule has 0 aliphatic rings. The van der Waals surface area contributed by atoms with E-state index in [-0.39, 0.29) is 17.8 Å². The lowest BCUT2D eigenvalue weighted by Crippen LogP contribution is -2.23. The van der Waals surface area contributed by atoms with E-state index in [4.69, 9.17) is 4.52 Å². The Morgan fingerprint density at radius 1 is 0.968 bits per heavy atom. The largest absolute Gasteiger partial charge is 0.356 e. The van der Waals surface area contributed by atoms with Crippen LogP contribution < -0.4 is 5.32 Å². The Morgan fingerprint density at radius 3 is 2.35 bits per heavy atom. The van der Waals surface area contributed by atoms with Crippen LogP contribution in [0.25, 0.3) is 22.5 Å². The van der Waals surface area contributed by atoms with Crippen LogP contribution in [0.2, 0.25) is 0 Å². The fraction of sp³-hybridized carbons (Fsp3) is 0.0833. The van der Waals surface area contributed by atoms with Crippen LogP contribution in [0.15, 0.2) is 83.4 Å². The van der Waals surface area contributed by atoms with Gasteiger partial charge in [-0.2, -0.15) is 0 Å². The van der Waals surface area contributed by atoms with Crippen molar-refractivity contribution in [1.82, 2.24) is 10.5 Å². The third-order valence-corrected chi connectivity index (χ3v) is 4.93. The molecular weight excluding hydrogens is 394 g/mol. The summed E-state index contributed by atoms with van der Waals surface area (Å²) in [5, 5.41) is 17.8. The summed E-state index contributed by atoms with van der Waals surface area (Å²) in [6.45, 7) is 1.77. The maximum absolute atomic E-state index is 12.4. The van der Waals surface area contributed by atoms with E-state index in [2.05, 4.69) is 10.5 Å². The maximum Gasteiger partial charge on any atom is 0.273 e. The summed E-state index contributed by atoms with van der Waals surface area (Å²) in [7, 11) is 0. The van der Waals surface area contributed by atoms with Crippen LogP contribution in [-0.2, 0) is 6.54 Å². The predicted molar refractivity (Wildman–Crippen MR) is 116 cm³/mol. The lowest BCUT2D eigenvalue weighted by atomic mass is 10.0. The minimum Gasteiger partial charge on any atom is -0.356 e. The molecule has 7 nitrogen and oxygen atoms in total. The summed E-state index contributed by atoms with van der Waals surface area (Å²) in [4.78, 5) is 22.9. The van der Waals surface area contributed by atoms with Crippen LogP contribution >= 0.6 is 0 Å². The molecule has 0 fully saturated rings. The highest BCUT2D eigenvalue weighted by Crippen LogP contribution is 2.25. The molecule has 7 heteroatoms. The zero-order valence-corrected chi connectivity index (χ0v) is 16.7. The van der Waals surface area contributed by atoms with Crippen molar-refractivity contribution < 1.29 is 14.2 Å². The second-order valence-corrected chi connectivity index (χ2v) is 7.07. The Labute approximate surface area is 178 Å². The van der Waals surface area contributed by atoms with Gasteiger partial charge in [0.2, 0.25) is 0 Å². The number of carbonyl (C=O) groups excluding carboxylic acids is 1. The highest BCUT2D eigenvalue weighted by atomic mass is 16.6. The average Bonchev–Trinajstić information content (AvgIpc) is 3.27. The summed E-state index contributed by atoms with van der Waals surface area (Å²) >= 11 is 0. The number of nitrogens with zero attached hydrogens (tertiary/aromatic N) is 2. The smallest absolute Gasteiger partial charge is 0.273 e. The van der Waals surface area contributed by atoms with Gasteiger partial charge in [0, 0.05) is 28.8 Å². The molecule has 0 saturated heterocycles. The van der Waals surface area contributed by atoms with Gasteiger partial charge < -0.3 is 9.84 Å². The molecule has 0 aliphatic carbocycles. The molecule has 4 aromatic rings. The Hall–Kier alpha value is -4.26. The summed E-state index contributed by atoms with van der Waals surface area (Å²) in [6, 6.07) is 24.1. The number of amides is 1. The number of nitro groups is 1. The van der Waals surface area contributed by atoms with Crippen molar-refractivity contribution in [1.29, 1.82) is 0 Å². The van der Waals surface area contributed by atoms with Crippen molar-refractivity contribution in [3.05, 3.63) is 106 Å². The summed E-state index contributed by atoms with van der Waals surface area (Å²) in [5.41, 5.74) is 4.29. The van der Waals surface area contributed by atoms with Crippen molar-refractivity contribution in [2.24, 2.45) is 0 Å². The second kappa shape index (κ2) is 8.62. The number of nitro benzene ring substituents is 1. The molecule has 1 aromatic heterocycles. The van der Waals surface area contributed by atoms with Crippen molar-refractivity contribution in [2.75, 3.05) is 0 Å². The van der Waals surface area contributed by atoms with Crippen molar-refractivity contribution in [3.8, 4) is 22.5 Å². The van der Waals surface area contributed by atoms with Crippen molar-refractivity contribution in [2.45, 2.75) is 13.5 Å². The van der Waals surface area contributed by atoms with Crippen molar-refractivity contribution in [3.63, 3.8) is 0 Å². The van der Waals surface area contributed by atoms with E-state index in [9.17, 15) is 14.9 Å². The lowest BCUT2D eigenvalue weighted by molar-refractivity contribution is -0.385. The number of benzene rings is 3. The van der Waals surface area contributed by atoms with Gasteiger partial charge in [-0.15, -0.1) is 0 Å². The molecule has 0 spiro atoms. The quantitative estimate of drug-likeness (QED) is 0.348. The zero-order chi connectivity index (χ0) is 21.8. The predicted octanol–water partition coefficient (Wildman–Crippen LogP) is 5.16. The van der Waals surface area contributed by atoms with Gasteiger partial charge in [0.25, 0.3) is 11.6 Å². The van der Waals surface area contributed by atoms with Gasteiger partial charge in [0.05, 0.1) is 11.5 Å². The normalized spacial score (nSPS) is 10.6. The van der Waals surface area contributed by atoms with E-state index in [0.717, 1.165) is 16.7 Å². The van der Waals surface area contributed by atoms with E-state index < -0.39 is 10.8 Å². The minimum atomic E-state index is -0.501. The first-order valence-electron chi connectivity index (χ1n) is 9.66. The number of aromatic nitrogens is 1. The van der Waals surface area contributed by atoms with Crippen LogP contribution in [-0.4, -0.2) is 16.0 Å². The Bertz CT molecular complexity index is 1230. The third-order valence-electron chi connectivity index (χ3n) is 4.93. The van der Waals surface area contributed by atoms with E-state index in [1.165, 1.54) is 6.07 Å². The van der Waals surface area contributed by atoms with Gasteiger partial charge in [-0.25, -0.2) is 0 Å². The van der Waals surface area contributed by atoms with Crippen LogP contribution in [0.3, 0.4) is 0 Å². The van der Waals surface area contributed by atoms with Gasteiger partial charge in [-0.1, -0.05) is 65.8 Å². The average molecular weight is 413 g/mol. The fourth-order valence-corrected chi connectivity index (χ4v) is 3.21. The van der Waals surface area contributed by atoms with E-state index in [1.807, 2.05) is 54.6 Å². The highest BCUT2D eigenvalue weighted by molar-refractivity contribution is 5.94. The van der Waals surface area contributed by atoms with E-state index in [0.29, 0.717) is 17.0 Å². The van der Waals surface area contributed by atoms with Gasteiger partial charge in [-0.3, -0.25) is 14.9 Å². The first kappa shape index (κ1) is 20.0. The molecule has 4 rings (SSSR count). The molecule has 0 atom stereocenters. The minimum absolute atomic E-state index is 0.0877. The molecule has 31 heavy (non-hydrogen) atoms. The van der Waals surface area contributed by atoms with Gasteiger partial charge in [0.15, 0.2) is 5.76 Å². The Balaban J connectivity index is 1.42. The number of hydrogen-bond acceptors (Lipinski definition) is 5. The third kappa shape index (κ3) is 4.51. The standard InChI is InChI=1S/C24H19N3O4/c1-16-7-8-20(13-22(16)27(29)30)24(28)25-15-21-14-23(31-26-21)19-11-9-18(10-12-19)17-5-3-2-4-6-17/h2-14H,15H2,1H3,(H,25,28). The molecule has 154 valence electrons. The van der Waals surface area contributed by atoms with Crippen LogP contribution in [0, 0.1) is 17.0 Å². The zero-order valence-electron chi connectivity index (χ0n) is 16.7. The van der Waals surface area contributed by atoms with Crippen molar-refractivity contribution >= 4 is 11.6 Å². The monoisotopic (exact) mass is 413 g/mol. The molecule has 1 amide bonds. The molecule has 0 aliphatic heterocycles. The van der Waals surface area contributed by atoms with Crippen LogP contribution in [0.4, 0.5) is 5.69 Å². The number of carbonyl (C=O) groups is 1. The topological polar surface area (TPSA) is 98.3 Å². The molecule has 0 unspecified atom stereocenters. The second-order valence-electron chi connectivity index (χ2n) is 7.07. The van der Waals surface area contributed by atoms with Gasteiger partial charge in [0.1, 0.15) is 5.69 Å². The number of nitrogens with one attached hydrogen (secondary N) is 1. The first-order valence-corrected chi connectivity index (χ1v) is 9.66.